The molecule has 1 aromatic rings. The zero-order chi connectivity index (χ0) is 16.4. The van der Waals surface area contributed by atoms with E-state index in [-0.39, 0.29) is 24.0 Å². The second-order valence-corrected chi connectivity index (χ2v) is 8.70. The Kier molecular flexibility index (Phi) is 6.96. The van der Waals surface area contributed by atoms with Crippen LogP contribution in [0.2, 0.25) is 0 Å². The average molecular weight is 462 g/mol. The van der Waals surface area contributed by atoms with E-state index in [0.29, 0.717) is 11.5 Å². The van der Waals surface area contributed by atoms with E-state index in [0.717, 1.165) is 32.1 Å². The molecular weight excluding hydrogens is 431 g/mol. The number of rotatable bonds is 3. The van der Waals surface area contributed by atoms with Crippen LogP contribution in [0.3, 0.4) is 0 Å². The van der Waals surface area contributed by atoms with Crippen LogP contribution in [-0.2, 0) is 13.0 Å². The lowest BCUT2D eigenvalue weighted by molar-refractivity contribution is 0.191. The zero-order valence-corrected chi connectivity index (χ0v) is 18.5. The van der Waals surface area contributed by atoms with Gasteiger partial charge in [0.1, 0.15) is 0 Å². The summed E-state index contributed by atoms with van der Waals surface area (Å²) in [5, 5.41) is 5.83. The van der Waals surface area contributed by atoms with Crippen LogP contribution in [0.25, 0.3) is 0 Å². The first kappa shape index (κ1) is 20.0. The highest BCUT2D eigenvalue weighted by Crippen LogP contribution is 2.28. The molecule has 3 rings (SSSR count). The predicted molar refractivity (Wildman–Crippen MR) is 115 cm³/mol. The minimum atomic E-state index is 0. The molecule has 1 unspecified atom stereocenters. The molecule has 24 heavy (non-hydrogen) atoms. The van der Waals surface area contributed by atoms with Gasteiger partial charge in [-0.2, -0.15) is 0 Å². The molecular formula is C18H31IN4S. The van der Waals surface area contributed by atoms with E-state index in [1.165, 1.54) is 24.9 Å². The number of aliphatic imine (C=N–C) groups is 1. The van der Waals surface area contributed by atoms with Crippen molar-refractivity contribution in [1.82, 2.24) is 15.1 Å². The number of hydrogen-bond donors (Lipinski definition) is 1. The quantitative estimate of drug-likeness (QED) is 0.424. The summed E-state index contributed by atoms with van der Waals surface area (Å²) in [5.74, 6) is 1.07. The van der Waals surface area contributed by atoms with Gasteiger partial charge in [-0.25, -0.2) is 0 Å². The molecule has 0 radical (unpaired) electrons. The predicted octanol–water partition coefficient (Wildman–Crippen LogP) is 3.42. The summed E-state index contributed by atoms with van der Waals surface area (Å²) in [6.45, 7) is 12.5. The molecule has 3 heterocycles. The number of nitrogens with zero attached hydrogens (tertiary/aromatic N) is 3. The lowest BCUT2D eigenvalue weighted by Crippen LogP contribution is -2.48. The van der Waals surface area contributed by atoms with Crippen molar-refractivity contribution in [3.63, 3.8) is 0 Å². The molecule has 0 aliphatic carbocycles. The Bertz CT molecular complexity index is 569. The van der Waals surface area contributed by atoms with Gasteiger partial charge in [0.15, 0.2) is 5.96 Å². The van der Waals surface area contributed by atoms with Crippen LogP contribution in [0.4, 0.5) is 0 Å². The van der Waals surface area contributed by atoms with E-state index < -0.39 is 0 Å². The van der Waals surface area contributed by atoms with Gasteiger partial charge < -0.3 is 10.2 Å². The zero-order valence-electron chi connectivity index (χ0n) is 15.3. The van der Waals surface area contributed by atoms with Gasteiger partial charge in [-0.1, -0.05) is 13.8 Å². The molecule has 136 valence electrons. The number of hydrogen-bond acceptors (Lipinski definition) is 3. The third kappa shape index (κ3) is 4.64. The van der Waals surface area contributed by atoms with E-state index in [1.807, 2.05) is 18.4 Å². The molecule has 0 amide bonds. The largest absolute Gasteiger partial charge is 0.355 e. The van der Waals surface area contributed by atoms with E-state index in [2.05, 4.69) is 52.3 Å². The molecule has 1 fully saturated rings. The van der Waals surface area contributed by atoms with Gasteiger partial charge in [-0.3, -0.25) is 9.89 Å². The molecule has 0 spiro atoms. The first-order valence-corrected chi connectivity index (χ1v) is 9.61. The Balaban J connectivity index is 0.00000208. The van der Waals surface area contributed by atoms with Crippen molar-refractivity contribution in [2.75, 3.05) is 33.2 Å². The SMILES string of the molecule is CN=C(NCC(C)N1CCc2sccc2C1)N1CCC(C)(C)C1.I. The molecule has 0 aromatic carbocycles. The Morgan fingerprint density at radius 1 is 1.42 bits per heavy atom. The second-order valence-electron chi connectivity index (χ2n) is 7.70. The van der Waals surface area contributed by atoms with Crippen molar-refractivity contribution in [2.24, 2.45) is 10.4 Å². The van der Waals surface area contributed by atoms with Crippen molar-refractivity contribution in [2.45, 2.75) is 46.2 Å². The Morgan fingerprint density at radius 2 is 2.21 bits per heavy atom. The summed E-state index contributed by atoms with van der Waals surface area (Å²) >= 11 is 1.91. The first-order valence-electron chi connectivity index (χ1n) is 8.73. The van der Waals surface area contributed by atoms with Gasteiger partial charge in [-0.15, -0.1) is 35.3 Å². The topological polar surface area (TPSA) is 30.9 Å². The molecule has 1 atom stereocenters. The maximum absolute atomic E-state index is 4.49. The third-order valence-corrected chi connectivity index (χ3v) is 6.23. The lowest BCUT2D eigenvalue weighted by atomic mass is 9.93. The van der Waals surface area contributed by atoms with Gasteiger partial charge in [0.25, 0.3) is 0 Å². The maximum atomic E-state index is 4.49. The standard InChI is InChI=1S/C18H30N4S.HI/c1-14(21-8-5-16-15(12-21)6-10-23-16)11-20-17(19-4)22-9-7-18(2,3)13-22;/h6,10,14H,5,7-9,11-13H2,1-4H3,(H,19,20);1H. The number of halogens is 1. The van der Waals surface area contributed by atoms with Crippen LogP contribution >= 0.6 is 35.3 Å². The fourth-order valence-electron chi connectivity index (χ4n) is 3.64. The highest BCUT2D eigenvalue weighted by atomic mass is 127. The Morgan fingerprint density at radius 3 is 2.88 bits per heavy atom. The maximum Gasteiger partial charge on any atom is 0.193 e. The summed E-state index contributed by atoms with van der Waals surface area (Å²) in [7, 11) is 1.90. The van der Waals surface area contributed by atoms with Crippen LogP contribution in [0.15, 0.2) is 16.4 Å². The highest BCUT2D eigenvalue weighted by molar-refractivity contribution is 14.0. The number of fused-ring (bicyclic) bond motifs is 1. The molecule has 1 saturated heterocycles. The minimum absolute atomic E-state index is 0. The van der Waals surface area contributed by atoms with E-state index in [4.69, 9.17) is 0 Å². The number of guanidine groups is 1. The first-order chi connectivity index (χ1) is 11.0. The summed E-state index contributed by atoms with van der Waals surface area (Å²) in [4.78, 5) is 11.1. The van der Waals surface area contributed by atoms with Crippen LogP contribution < -0.4 is 5.32 Å². The van der Waals surface area contributed by atoms with Crippen LogP contribution in [0.1, 0.15) is 37.6 Å². The normalized spacial score (nSPS) is 22.0. The van der Waals surface area contributed by atoms with E-state index in [9.17, 15) is 0 Å². The van der Waals surface area contributed by atoms with Gasteiger partial charge in [0, 0.05) is 50.7 Å². The van der Waals surface area contributed by atoms with Crippen LogP contribution in [0.5, 0.6) is 0 Å². The van der Waals surface area contributed by atoms with E-state index in [1.54, 1.807) is 4.88 Å². The van der Waals surface area contributed by atoms with Crippen LogP contribution in [-0.4, -0.2) is 55.0 Å². The lowest BCUT2D eigenvalue weighted by Gasteiger charge is -2.33. The fraction of sp³-hybridized carbons (Fsp3) is 0.722. The van der Waals surface area contributed by atoms with Gasteiger partial charge in [0.2, 0.25) is 0 Å². The molecule has 2 aliphatic heterocycles. The van der Waals surface area contributed by atoms with Crippen molar-refractivity contribution in [3.8, 4) is 0 Å². The van der Waals surface area contributed by atoms with Gasteiger partial charge >= 0.3 is 0 Å². The molecule has 4 nitrogen and oxygen atoms in total. The average Bonchev–Trinajstić information content (AvgIpc) is 3.13. The molecule has 0 bridgehead atoms. The van der Waals surface area contributed by atoms with Crippen molar-refractivity contribution < 1.29 is 0 Å². The van der Waals surface area contributed by atoms with Crippen molar-refractivity contribution >= 4 is 41.3 Å². The molecule has 2 aliphatic rings. The Labute approximate surface area is 167 Å². The molecule has 1 N–H and O–H groups in total. The van der Waals surface area contributed by atoms with Gasteiger partial charge in [-0.05, 0) is 42.2 Å². The second kappa shape index (κ2) is 8.36. The number of likely N-dealkylation sites (tertiary alicyclic amines) is 1. The Hall–Kier alpha value is -0.340. The highest BCUT2D eigenvalue weighted by Gasteiger charge is 2.31. The third-order valence-electron chi connectivity index (χ3n) is 5.20. The summed E-state index contributed by atoms with van der Waals surface area (Å²) in [6.07, 6.45) is 2.45. The summed E-state index contributed by atoms with van der Waals surface area (Å²) in [5.41, 5.74) is 1.93. The molecule has 1 aromatic heterocycles. The van der Waals surface area contributed by atoms with Crippen molar-refractivity contribution in [3.05, 3.63) is 21.9 Å². The molecule has 0 saturated carbocycles. The number of thiophene rings is 1. The fourth-order valence-corrected chi connectivity index (χ4v) is 4.53. The van der Waals surface area contributed by atoms with Gasteiger partial charge in [0.05, 0.1) is 0 Å². The van der Waals surface area contributed by atoms with Crippen molar-refractivity contribution in [1.29, 1.82) is 0 Å². The van der Waals surface area contributed by atoms with Crippen LogP contribution in [0, 0.1) is 5.41 Å². The summed E-state index contributed by atoms with van der Waals surface area (Å²) in [6, 6.07) is 2.81. The summed E-state index contributed by atoms with van der Waals surface area (Å²) < 4.78 is 0. The monoisotopic (exact) mass is 462 g/mol. The molecule has 6 heteroatoms. The van der Waals surface area contributed by atoms with E-state index >= 15 is 0 Å². The number of nitrogens with one attached hydrogen (secondary N) is 1. The minimum Gasteiger partial charge on any atom is -0.355 e. The smallest absolute Gasteiger partial charge is 0.193 e.